The number of carbonyl (C=O) groups excluding carboxylic acids is 2. The average molecular weight is 256 g/mol. The minimum atomic E-state index is -0.964. The van der Waals surface area contributed by atoms with E-state index in [2.05, 4.69) is 0 Å². The Kier molecular flexibility index (Phi) is 4.84. The van der Waals surface area contributed by atoms with Gasteiger partial charge in [-0.2, -0.15) is 0 Å². The Labute approximate surface area is 107 Å². The zero-order valence-electron chi connectivity index (χ0n) is 11.0. The summed E-state index contributed by atoms with van der Waals surface area (Å²) in [7, 11) is 1.59. The number of carboxylic acid groups (broad SMARTS) is 1. The van der Waals surface area contributed by atoms with Crippen LogP contribution in [-0.2, 0) is 14.4 Å². The molecule has 1 fully saturated rings. The Hall–Kier alpha value is -1.43. The molecule has 1 aliphatic rings. The molecule has 2 atom stereocenters. The molecule has 2 amide bonds. The lowest BCUT2D eigenvalue weighted by atomic mass is 10.1. The van der Waals surface area contributed by atoms with Gasteiger partial charge in [-0.05, 0) is 19.9 Å². The Morgan fingerprint density at radius 1 is 1.50 bits per heavy atom. The summed E-state index contributed by atoms with van der Waals surface area (Å²) >= 11 is 0. The third-order valence-corrected chi connectivity index (χ3v) is 3.32. The van der Waals surface area contributed by atoms with E-state index in [-0.39, 0.29) is 18.2 Å². The number of nitrogens with zero attached hydrogens (tertiary/aromatic N) is 2. The molecule has 1 saturated heterocycles. The van der Waals surface area contributed by atoms with Gasteiger partial charge in [0.25, 0.3) is 0 Å². The molecule has 0 aromatic rings. The van der Waals surface area contributed by atoms with Crippen molar-refractivity contribution < 1.29 is 19.5 Å². The highest BCUT2D eigenvalue weighted by molar-refractivity contribution is 6.05. The van der Waals surface area contributed by atoms with Gasteiger partial charge in [0.05, 0.1) is 12.5 Å². The summed E-state index contributed by atoms with van der Waals surface area (Å²) in [5, 5.41) is 9.07. The number of likely N-dealkylation sites (tertiary alicyclic amines) is 1. The lowest BCUT2D eigenvalue weighted by Crippen LogP contribution is -2.48. The smallest absolute Gasteiger partial charge is 0.320 e. The molecule has 0 spiro atoms. The Morgan fingerprint density at radius 2 is 2.11 bits per heavy atom. The topological polar surface area (TPSA) is 77.9 Å². The first-order chi connectivity index (χ1) is 8.43. The standard InChI is InChI=1S/C12H20N2O4/c1-4-6-14-10(15)7-9(11(14)16)13(3)8(5-2)12(17)18/h8-9H,4-7H2,1-3H3,(H,17,18). The van der Waals surface area contributed by atoms with Crippen LogP contribution in [0, 0.1) is 0 Å². The molecule has 0 aliphatic carbocycles. The van der Waals surface area contributed by atoms with Crippen molar-refractivity contribution in [2.24, 2.45) is 0 Å². The highest BCUT2D eigenvalue weighted by atomic mass is 16.4. The van der Waals surface area contributed by atoms with Crippen LogP contribution in [0.1, 0.15) is 33.1 Å². The monoisotopic (exact) mass is 256 g/mol. The van der Waals surface area contributed by atoms with Crippen molar-refractivity contribution in [3.63, 3.8) is 0 Å². The first-order valence-corrected chi connectivity index (χ1v) is 6.22. The number of carboxylic acids is 1. The predicted octanol–water partition coefficient (Wildman–Crippen LogP) is 0.319. The second kappa shape index (κ2) is 5.95. The minimum Gasteiger partial charge on any atom is -0.480 e. The van der Waals surface area contributed by atoms with Crippen LogP contribution in [0.4, 0.5) is 0 Å². The molecule has 6 nitrogen and oxygen atoms in total. The van der Waals surface area contributed by atoms with Crippen LogP contribution in [0.2, 0.25) is 0 Å². The van der Waals surface area contributed by atoms with Gasteiger partial charge in [0.2, 0.25) is 11.8 Å². The van der Waals surface area contributed by atoms with Crippen LogP contribution in [0.5, 0.6) is 0 Å². The summed E-state index contributed by atoms with van der Waals surface area (Å²) in [5.74, 6) is -1.45. The highest BCUT2D eigenvalue weighted by Crippen LogP contribution is 2.20. The number of imide groups is 1. The van der Waals surface area contributed by atoms with E-state index in [0.717, 1.165) is 0 Å². The molecular weight excluding hydrogens is 236 g/mol. The van der Waals surface area contributed by atoms with Gasteiger partial charge in [0, 0.05) is 6.54 Å². The average Bonchev–Trinajstić information content (AvgIpc) is 2.57. The first-order valence-electron chi connectivity index (χ1n) is 6.22. The molecule has 1 aliphatic heterocycles. The zero-order chi connectivity index (χ0) is 13.9. The van der Waals surface area contributed by atoms with Gasteiger partial charge in [-0.1, -0.05) is 13.8 Å². The van der Waals surface area contributed by atoms with Gasteiger partial charge >= 0.3 is 5.97 Å². The third kappa shape index (κ3) is 2.69. The van der Waals surface area contributed by atoms with E-state index in [1.54, 1.807) is 14.0 Å². The van der Waals surface area contributed by atoms with Crippen molar-refractivity contribution in [2.75, 3.05) is 13.6 Å². The number of aliphatic carboxylic acids is 1. The van der Waals surface area contributed by atoms with E-state index in [4.69, 9.17) is 5.11 Å². The van der Waals surface area contributed by atoms with Crippen molar-refractivity contribution in [3.8, 4) is 0 Å². The second-order valence-electron chi connectivity index (χ2n) is 4.53. The summed E-state index contributed by atoms with van der Waals surface area (Å²) < 4.78 is 0. The number of likely N-dealkylation sites (N-methyl/N-ethyl adjacent to an activating group) is 1. The van der Waals surface area contributed by atoms with Gasteiger partial charge < -0.3 is 5.11 Å². The fourth-order valence-electron chi connectivity index (χ4n) is 2.30. The SMILES string of the molecule is CCCN1C(=O)CC(N(C)C(CC)C(=O)O)C1=O. The molecule has 0 aromatic heterocycles. The summed E-state index contributed by atoms with van der Waals surface area (Å²) in [5.41, 5.74) is 0. The second-order valence-corrected chi connectivity index (χ2v) is 4.53. The van der Waals surface area contributed by atoms with E-state index < -0.39 is 18.1 Å². The lowest BCUT2D eigenvalue weighted by molar-refractivity contribution is -0.145. The molecule has 6 heteroatoms. The number of rotatable bonds is 6. The van der Waals surface area contributed by atoms with Gasteiger partial charge in [-0.3, -0.25) is 24.2 Å². The number of hydrogen-bond donors (Lipinski definition) is 1. The summed E-state index contributed by atoms with van der Waals surface area (Å²) in [4.78, 5) is 37.6. The molecule has 0 radical (unpaired) electrons. The summed E-state index contributed by atoms with van der Waals surface area (Å²) in [6, 6.07) is -1.36. The number of amides is 2. The van der Waals surface area contributed by atoms with Crippen LogP contribution >= 0.6 is 0 Å². The fourth-order valence-corrected chi connectivity index (χ4v) is 2.30. The largest absolute Gasteiger partial charge is 0.480 e. The molecule has 0 aromatic carbocycles. The Morgan fingerprint density at radius 3 is 2.56 bits per heavy atom. The molecule has 2 unspecified atom stereocenters. The summed E-state index contributed by atoms with van der Waals surface area (Å²) in [6.45, 7) is 4.05. The van der Waals surface area contributed by atoms with Crippen LogP contribution in [0.15, 0.2) is 0 Å². The van der Waals surface area contributed by atoms with Crippen LogP contribution in [-0.4, -0.2) is 58.4 Å². The van der Waals surface area contributed by atoms with Crippen molar-refractivity contribution in [3.05, 3.63) is 0 Å². The van der Waals surface area contributed by atoms with E-state index in [1.165, 1.54) is 9.80 Å². The molecule has 1 heterocycles. The van der Waals surface area contributed by atoms with E-state index in [1.807, 2.05) is 6.92 Å². The molecule has 18 heavy (non-hydrogen) atoms. The molecule has 1 rings (SSSR count). The maximum atomic E-state index is 12.1. The van der Waals surface area contributed by atoms with Crippen LogP contribution in [0.3, 0.4) is 0 Å². The Balaban J connectivity index is 2.82. The van der Waals surface area contributed by atoms with Gasteiger partial charge in [-0.25, -0.2) is 0 Å². The third-order valence-electron chi connectivity index (χ3n) is 3.32. The van der Waals surface area contributed by atoms with E-state index in [0.29, 0.717) is 19.4 Å². The quantitative estimate of drug-likeness (QED) is 0.692. The lowest BCUT2D eigenvalue weighted by Gasteiger charge is -2.27. The van der Waals surface area contributed by atoms with Crippen LogP contribution in [0.25, 0.3) is 0 Å². The zero-order valence-corrected chi connectivity index (χ0v) is 11.0. The molecule has 1 N–H and O–H groups in total. The van der Waals surface area contributed by atoms with E-state index >= 15 is 0 Å². The molecule has 0 saturated carbocycles. The Bertz CT molecular complexity index is 356. The fraction of sp³-hybridized carbons (Fsp3) is 0.750. The molecule has 102 valence electrons. The first kappa shape index (κ1) is 14.6. The minimum absolute atomic E-state index is 0.0825. The van der Waals surface area contributed by atoms with Gasteiger partial charge in [0.1, 0.15) is 6.04 Å². The van der Waals surface area contributed by atoms with Crippen LogP contribution < -0.4 is 0 Å². The van der Waals surface area contributed by atoms with Gasteiger partial charge in [-0.15, -0.1) is 0 Å². The normalized spacial score (nSPS) is 21.8. The summed E-state index contributed by atoms with van der Waals surface area (Å²) in [6.07, 6.45) is 1.20. The van der Waals surface area contributed by atoms with Crippen molar-refractivity contribution >= 4 is 17.8 Å². The van der Waals surface area contributed by atoms with Crippen molar-refractivity contribution in [2.45, 2.75) is 45.2 Å². The van der Waals surface area contributed by atoms with E-state index in [9.17, 15) is 14.4 Å². The van der Waals surface area contributed by atoms with Gasteiger partial charge in [0.15, 0.2) is 0 Å². The molecule has 0 bridgehead atoms. The maximum Gasteiger partial charge on any atom is 0.320 e. The number of hydrogen-bond acceptors (Lipinski definition) is 4. The van der Waals surface area contributed by atoms with Crippen molar-refractivity contribution in [1.82, 2.24) is 9.80 Å². The van der Waals surface area contributed by atoms with Crippen molar-refractivity contribution in [1.29, 1.82) is 0 Å². The molecular formula is C12H20N2O4. The maximum absolute atomic E-state index is 12.1. The predicted molar refractivity (Wildman–Crippen MR) is 64.9 cm³/mol. The number of carbonyl (C=O) groups is 3. The highest BCUT2D eigenvalue weighted by Gasteiger charge is 2.42.